The Balaban J connectivity index is 1.54. The summed E-state index contributed by atoms with van der Waals surface area (Å²) < 4.78 is 6.83. The molecule has 0 bridgehead atoms. The van der Waals surface area contributed by atoms with Gasteiger partial charge >= 0.3 is 5.97 Å². The van der Waals surface area contributed by atoms with Crippen molar-refractivity contribution in [3.63, 3.8) is 0 Å². The largest absolute Gasteiger partial charge is 0.426 e. The molecule has 0 radical (unpaired) electrons. The molecule has 0 aliphatic carbocycles. The third-order valence-electron chi connectivity index (χ3n) is 3.47. The number of amides is 1. The van der Waals surface area contributed by atoms with Crippen LogP contribution in [0.1, 0.15) is 19.3 Å². The van der Waals surface area contributed by atoms with Gasteiger partial charge in [0.2, 0.25) is 5.91 Å². The van der Waals surface area contributed by atoms with Crippen LogP contribution in [-0.4, -0.2) is 33.2 Å². The van der Waals surface area contributed by atoms with E-state index in [1.54, 1.807) is 40.2 Å². The average Bonchev–Trinajstić information content (AvgIpc) is 3.17. The standard InChI is InChI=1S/C15H16N4O3/c20-14-2-1-8-19(14)12-3-5-13(6-4-12)22-15(21)7-9-18-11-16-10-17-18/h3-6,10-11H,1-2,7-9H2. The number of hydrogen-bond acceptors (Lipinski definition) is 5. The van der Waals surface area contributed by atoms with Crippen LogP contribution in [0.25, 0.3) is 0 Å². The number of aromatic nitrogens is 3. The fourth-order valence-electron chi connectivity index (χ4n) is 2.35. The molecule has 0 spiro atoms. The zero-order valence-corrected chi connectivity index (χ0v) is 12.0. The van der Waals surface area contributed by atoms with Gasteiger partial charge in [0, 0.05) is 18.7 Å². The Morgan fingerprint density at radius 3 is 2.73 bits per heavy atom. The maximum absolute atomic E-state index is 11.8. The number of hydrogen-bond donors (Lipinski definition) is 0. The van der Waals surface area contributed by atoms with Crippen LogP contribution >= 0.6 is 0 Å². The van der Waals surface area contributed by atoms with E-state index in [-0.39, 0.29) is 18.3 Å². The predicted molar refractivity (Wildman–Crippen MR) is 78.3 cm³/mol. The second kappa shape index (κ2) is 6.38. The first-order valence-electron chi connectivity index (χ1n) is 7.16. The Labute approximate surface area is 127 Å². The highest BCUT2D eigenvalue weighted by atomic mass is 16.5. The number of anilines is 1. The van der Waals surface area contributed by atoms with Gasteiger partial charge in [-0.25, -0.2) is 4.98 Å². The zero-order valence-electron chi connectivity index (χ0n) is 12.0. The van der Waals surface area contributed by atoms with Crippen molar-refractivity contribution in [1.29, 1.82) is 0 Å². The molecule has 1 saturated heterocycles. The number of ether oxygens (including phenoxy) is 1. The van der Waals surface area contributed by atoms with Gasteiger partial charge in [-0.1, -0.05) is 0 Å². The molecule has 2 aromatic rings. The minimum absolute atomic E-state index is 0.137. The van der Waals surface area contributed by atoms with Crippen LogP contribution in [0.5, 0.6) is 5.75 Å². The van der Waals surface area contributed by atoms with Gasteiger partial charge < -0.3 is 9.64 Å². The first-order valence-corrected chi connectivity index (χ1v) is 7.16. The van der Waals surface area contributed by atoms with E-state index in [1.807, 2.05) is 0 Å². The summed E-state index contributed by atoms with van der Waals surface area (Å²) in [4.78, 5) is 29.0. The van der Waals surface area contributed by atoms with Crippen molar-refractivity contribution in [1.82, 2.24) is 14.8 Å². The summed E-state index contributed by atoms with van der Waals surface area (Å²) in [6.45, 7) is 1.18. The molecule has 0 atom stereocenters. The lowest BCUT2D eigenvalue weighted by Crippen LogP contribution is -2.23. The lowest BCUT2D eigenvalue weighted by molar-refractivity contribution is -0.134. The highest BCUT2D eigenvalue weighted by Gasteiger charge is 2.21. The van der Waals surface area contributed by atoms with Crippen LogP contribution in [0.3, 0.4) is 0 Å². The molecule has 2 heterocycles. The van der Waals surface area contributed by atoms with Crippen molar-refractivity contribution in [2.24, 2.45) is 0 Å². The average molecular weight is 300 g/mol. The molecule has 1 aliphatic rings. The molecule has 1 fully saturated rings. The fraction of sp³-hybridized carbons (Fsp3) is 0.333. The fourth-order valence-corrected chi connectivity index (χ4v) is 2.35. The van der Waals surface area contributed by atoms with Crippen molar-refractivity contribution in [3.05, 3.63) is 36.9 Å². The van der Waals surface area contributed by atoms with E-state index in [9.17, 15) is 9.59 Å². The highest BCUT2D eigenvalue weighted by Crippen LogP contribution is 2.24. The van der Waals surface area contributed by atoms with Gasteiger partial charge in [-0.3, -0.25) is 14.3 Å². The number of esters is 1. The van der Waals surface area contributed by atoms with E-state index in [0.29, 0.717) is 18.7 Å². The van der Waals surface area contributed by atoms with Crippen molar-refractivity contribution < 1.29 is 14.3 Å². The van der Waals surface area contributed by atoms with Crippen LogP contribution in [0, 0.1) is 0 Å². The second-order valence-electron chi connectivity index (χ2n) is 5.03. The second-order valence-corrected chi connectivity index (χ2v) is 5.03. The smallest absolute Gasteiger partial charge is 0.313 e. The third kappa shape index (κ3) is 3.30. The molecule has 22 heavy (non-hydrogen) atoms. The monoisotopic (exact) mass is 300 g/mol. The maximum Gasteiger partial charge on any atom is 0.313 e. The van der Waals surface area contributed by atoms with Crippen molar-refractivity contribution >= 4 is 17.6 Å². The number of carbonyl (C=O) groups is 2. The molecule has 0 unspecified atom stereocenters. The van der Waals surface area contributed by atoms with Crippen LogP contribution in [-0.2, 0) is 16.1 Å². The molecule has 1 aromatic carbocycles. The Morgan fingerprint density at radius 2 is 2.09 bits per heavy atom. The normalized spacial score (nSPS) is 14.4. The minimum atomic E-state index is -0.333. The number of nitrogens with zero attached hydrogens (tertiary/aromatic N) is 4. The molecule has 0 N–H and O–H groups in total. The van der Waals surface area contributed by atoms with Crippen molar-refractivity contribution in [3.8, 4) is 5.75 Å². The van der Waals surface area contributed by atoms with E-state index < -0.39 is 0 Å². The van der Waals surface area contributed by atoms with E-state index in [2.05, 4.69) is 10.1 Å². The van der Waals surface area contributed by atoms with Gasteiger partial charge in [0.25, 0.3) is 0 Å². The summed E-state index contributed by atoms with van der Waals surface area (Å²) in [6.07, 6.45) is 4.67. The summed E-state index contributed by atoms with van der Waals surface area (Å²) >= 11 is 0. The summed E-state index contributed by atoms with van der Waals surface area (Å²) in [5, 5.41) is 3.92. The van der Waals surface area contributed by atoms with Gasteiger partial charge in [-0.05, 0) is 30.7 Å². The van der Waals surface area contributed by atoms with Gasteiger partial charge in [0.1, 0.15) is 18.4 Å². The van der Waals surface area contributed by atoms with Crippen LogP contribution < -0.4 is 9.64 Å². The van der Waals surface area contributed by atoms with Gasteiger partial charge in [0.05, 0.1) is 13.0 Å². The van der Waals surface area contributed by atoms with Gasteiger partial charge in [-0.2, -0.15) is 5.10 Å². The molecule has 0 saturated carbocycles. The SMILES string of the molecule is O=C(CCn1cncn1)Oc1ccc(N2CCCC2=O)cc1. The van der Waals surface area contributed by atoms with E-state index in [1.165, 1.54) is 6.33 Å². The topological polar surface area (TPSA) is 77.3 Å². The molecule has 3 rings (SSSR count). The number of rotatable bonds is 5. The molecule has 1 aromatic heterocycles. The summed E-state index contributed by atoms with van der Waals surface area (Å²) in [7, 11) is 0. The van der Waals surface area contributed by atoms with Crippen LogP contribution in [0.4, 0.5) is 5.69 Å². The first-order chi connectivity index (χ1) is 10.7. The molecule has 1 aliphatic heterocycles. The summed E-state index contributed by atoms with van der Waals surface area (Å²) in [5.74, 6) is 0.275. The zero-order chi connectivity index (χ0) is 15.4. The molecular weight excluding hydrogens is 284 g/mol. The summed E-state index contributed by atoms with van der Waals surface area (Å²) in [5.41, 5.74) is 0.838. The van der Waals surface area contributed by atoms with E-state index >= 15 is 0 Å². The first kappa shape index (κ1) is 14.2. The van der Waals surface area contributed by atoms with Gasteiger partial charge in [-0.15, -0.1) is 0 Å². The molecular formula is C15H16N4O3. The Bertz CT molecular complexity index is 652. The Kier molecular flexibility index (Phi) is 4.13. The lowest BCUT2D eigenvalue weighted by atomic mass is 10.3. The Morgan fingerprint density at radius 1 is 1.27 bits per heavy atom. The van der Waals surface area contributed by atoms with E-state index in [4.69, 9.17) is 4.74 Å². The number of carbonyl (C=O) groups excluding carboxylic acids is 2. The van der Waals surface area contributed by atoms with Crippen LogP contribution in [0.15, 0.2) is 36.9 Å². The molecule has 114 valence electrons. The maximum atomic E-state index is 11.8. The third-order valence-corrected chi connectivity index (χ3v) is 3.47. The van der Waals surface area contributed by atoms with Crippen LogP contribution in [0.2, 0.25) is 0 Å². The van der Waals surface area contributed by atoms with Crippen molar-refractivity contribution in [2.75, 3.05) is 11.4 Å². The highest BCUT2D eigenvalue weighted by molar-refractivity contribution is 5.95. The van der Waals surface area contributed by atoms with Gasteiger partial charge in [0.15, 0.2) is 0 Å². The number of aryl methyl sites for hydroxylation is 1. The Hall–Kier alpha value is -2.70. The lowest BCUT2D eigenvalue weighted by Gasteiger charge is -2.15. The predicted octanol–water partition coefficient (Wildman–Crippen LogP) is 1.40. The number of benzene rings is 1. The van der Waals surface area contributed by atoms with E-state index in [0.717, 1.165) is 18.7 Å². The summed E-state index contributed by atoms with van der Waals surface area (Å²) in [6, 6.07) is 7.00. The minimum Gasteiger partial charge on any atom is -0.426 e. The molecule has 7 nitrogen and oxygen atoms in total. The quantitative estimate of drug-likeness (QED) is 0.616. The molecule has 1 amide bonds. The van der Waals surface area contributed by atoms with Crippen molar-refractivity contribution in [2.45, 2.75) is 25.8 Å². The molecule has 7 heteroatoms.